The number of hydrogen-bond acceptors (Lipinski definition) is 4. The first-order chi connectivity index (χ1) is 24.3. The van der Waals surface area contributed by atoms with Crippen molar-refractivity contribution < 1.29 is 31.5 Å². The molecule has 2 N–H and O–H groups in total. The minimum absolute atomic E-state index is 0.0724. The quantitative estimate of drug-likeness (QED) is 0.147. The Balaban J connectivity index is 0.000000177. The molecule has 2 atom stereocenters. The SMILES string of the molecule is Cn1cc(C(=O)Nc2ccc(F)cc2-c2ccc(Cl)c(Cl)c2)c(C(F)F)n1.Cn1cc(C(=O)Nc2ccccc2C2CC2C2CC2)c(C(F)F)n1. The van der Waals surface area contributed by atoms with Crippen molar-refractivity contribution in [1.82, 2.24) is 19.6 Å². The monoisotopic (exact) mass is 744 g/mol. The first-order valence-corrected chi connectivity index (χ1v) is 16.7. The molecule has 0 aliphatic heterocycles. The lowest BCUT2D eigenvalue weighted by Crippen LogP contribution is -2.14. The number of rotatable bonds is 9. The van der Waals surface area contributed by atoms with Crippen molar-refractivity contribution >= 4 is 46.4 Å². The molecule has 2 aromatic heterocycles. The fraction of sp³-hybridized carbons (Fsp3) is 0.278. The van der Waals surface area contributed by atoms with E-state index in [4.69, 9.17) is 23.2 Å². The molecule has 0 saturated heterocycles. The number of aryl methyl sites for hydroxylation is 2. The summed E-state index contributed by atoms with van der Waals surface area (Å²) < 4.78 is 68.4. The third-order valence-corrected chi connectivity index (χ3v) is 9.49. The first kappa shape index (κ1) is 36.1. The first-order valence-electron chi connectivity index (χ1n) is 15.9. The lowest BCUT2D eigenvalue weighted by Gasteiger charge is -2.12. The minimum Gasteiger partial charge on any atom is -0.322 e. The Morgan fingerprint density at radius 2 is 1.37 bits per heavy atom. The highest BCUT2D eigenvalue weighted by atomic mass is 35.5. The lowest BCUT2D eigenvalue weighted by atomic mass is 10.0. The van der Waals surface area contributed by atoms with Crippen molar-refractivity contribution in [2.45, 2.75) is 38.0 Å². The fourth-order valence-electron chi connectivity index (χ4n) is 6.14. The molecule has 8 nitrogen and oxygen atoms in total. The second-order valence-corrected chi connectivity index (χ2v) is 13.3. The van der Waals surface area contributed by atoms with Gasteiger partial charge in [0.15, 0.2) is 0 Å². The van der Waals surface area contributed by atoms with Gasteiger partial charge in [0.05, 0.1) is 21.2 Å². The van der Waals surface area contributed by atoms with Crippen LogP contribution >= 0.6 is 23.2 Å². The largest absolute Gasteiger partial charge is 0.322 e. The van der Waals surface area contributed by atoms with Crippen LogP contribution in [0, 0.1) is 17.7 Å². The molecule has 15 heteroatoms. The van der Waals surface area contributed by atoms with Gasteiger partial charge in [-0.2, -0.15) is 10.2 Å². The number of benzene rings is 3. The van der Waals surface area contributed by atoms with E-state index >= 15 is 0 Å². The highest BCUT2D eigenvalue weighted by molar-refractivity contribution is 6.42. The zero-order chi connectivity index (χ0) is 36.6. The van der Waals surface area contributed by atoms with Gasteiger partial charge < -0.3 is 10.6 Å². The number of hydrogen-bond donors (Lipinski definition) is 2. The zero-order valence-electron chi connectivity index (χ0n) is 27.2. The molecule has 51 heavy (non-hydrogen) atoms. The summed E-state index contributed by atoms with van der Waals surface area (Å²) in [4.78, 5) is 25.0. The highest BCUT2D eigenvalue weighted by Crippen LogP contribution is 2.60. The molecule has 0 radical (unpaired) electrons. The molecule has 0 spiro atoms. The van der Waals surface area contributed by atoms with Gasteiger partial charge in [-0.15, -0.1) is 0 Å². The van der Waals surface area contributed by atoms with Crippen molar-refractivity contribution in [2.75, 3.05) is 10.6 Å². The number of carbonyl (C=O) groups excluding carboxylic acids is 2. The molecule has 3 aromatic carbocycles. The Bertz CT molecular complexity index is 2100. The van der Waals surface area contributed by atoms with Crippen LogP contribution in [0.1, 0.15) is 75.7 Å². The molecular weight excluding hydrogens is 714 g/mol. The van der Waals surface area contributed by atoms with E-state index in [1.165, 1.54) is 68.3 Å². The van der Waals surface area contributed by atoms with E-state index in [9.17, 15) is 31.5 Å². The van der Waals surface area contributed by atoms with Crippen LogP contribution in [0.15, 0.2) is 73.1 Å². The Morgan fingerprint density at radius 3 is 1.94 bits per heavy atom. The lowest BCUT2D eigenvalue weighted by molar-refractivity contribution is 0.100. The molecule has 2 aliphatic rings. The van der Waals surface area contributed by atoms with Crippen LogP contribution in [-0.4, -0.2) is 31.4 Å². The minimum atomic E-state index is -2.91. The van der Waals surface area contributed by atoms with Crippen molar-refractivity contribution in [2.24, 2.45) is 25.9 Å². The Labute approximate surface area is 299 Å². The Kier molecular flexibility index (Phi) is 10.5. The van der Waals surface area contributed by atoms with E-state index in [-0.39, 0.29) is 21.8 Å². The summed E-state index contributed by atoms with van der Waals surface area (Å²) in [6.07, 6.45) is 0.626. The second-order valence-electron chi connectivity index (χ2n) is 12.5. The number of aromatic nitrogens is 4. The maximum atomic E-state index is 13.8. The summed E-state index contributed by atoms with van der Waals surface area (Å²) in [5.74, 6) is 0.183. The summed E-state index contributed by atoms with van der Waals surface area (Å²) in [5.41, 5.74) is 1.44. The van der Waals surface area contributed by atoms with Crippen LogP contribution in [0.25, 0.3) is 11.1 Å². The van der Waals surface area contributed by atoms with Crippen LogP contribution in [0.5, 0.6) is 0 Å². The van der Waals surface area contributed by atoms with Crippen LogP contribution in [-0.2, 0) is 14.1 Å². The number of amides is 2. The van der Waals surface area contributed by atoms with Crippen molar-refractivity contribution in [3.05, 3.63) is 117 Å². The third kappa shape index (κ3) is 8.26. The molecular formula is C36H31Cl2F5N6O2. The topological polar surface area (TPSA) is 93.8 Å². The summed E-state index contributed by atoms with van der Waals surface area (Å²) >= 11 is 11.9. The fourth-order valence-corrected chi connectivity index (χ4v) is 6.44. The number of anilines is 2. The molecule has 2 amide bonds. The van der Waals surface area contributed by atoms with Crippen molar-refractivity contribution in [3.63, 3.8) is 0 Å². The van der Waals surface area contributed by atoms with Gasteiger partial charge in [0.2, 0.25) is 0 Å². The van der Waals surface area contributed by atoms with Crippen molar-refractivity contribution in [3.8, 4) is 11.1 Å². The van der Waals surface area contributed by atoms with E-state index in [1.807, 2.05) is 24.3 Å². The van der Waals surface area contributed by atoms with Crippen LogP contribution in [0.4, 0.5) is 33.3 Å². The van der Waals surface area contributed by atoms with E-state index in [1.54, 1.807) is 6.07 Å². The van der Waals surface area contributed by atoms with Crippen molar-refractivity contribution in [1.29, 1.82) is 0 Å². The Morgan fingerprint density at radius 1 is 0.784 bits per heavy atom. The average molecular weight is 746 g/mol. The second kappa shape index (κ2) is 14.8. The van der Waals surface area contributed by atoms with Crippen LogP contribution in [0.2, 0.25) is 10.0 Å². The van der Waals surface area contributed by atoms with Gasteiger partial charge >= 0.3 is 0 Å². The molecule has 2 saturated carbocycles. The molecule has 0 bridgehead atoms. The molecule has 5 aromatic rings. The van der Waals surface area contributed by atoms with E-state index in [0.29, 0.717) is 22.1 Å². The molecule has 7 rings (SSSR count). The zero-order valence-corrected chi connectivity index (χ0v) is 28.7. The summed E-state index contributed by atoms with van der Waals surface area (Å²) in [7, 11) is 2.96. The standard InChI is InChI=1S/C18H12Cl2F3N3O.C18H19F2N3O/c1-26-8-12(16(25-26)17(22)23)18(27)24-15-5-3-10(21)7-11(15)9-2-4-13(19)14(20)6-9;1-23-9-14(16(22-23)17(19)20)18(24)21-15-5-3-2-4-11(15)13-8-12(13)10-6-7-10/h2-8,17H,1H3,(H,24,27);2-5,9-10,12-13,17H,6-8H2,1H3,(H,21,24). The average Bonchev–Trinajstić information content (AvgIpc) is 4.00. The number of para-hydroxylation sites is 1. The van der Waals surface area contributed by atoms with E-state index in [0.717, 1.165) is 40.3 Å². The molecule has 2 heterocycles. The number of alkyl halides is 4. The van der Waals surface area contributed by atoms with Crippen LogP contribution in [0.3, 0.4) is 0 Å². The third-order valence-electron chi connectivity index (χ3n) is 8.75. The van der Waals surface area contributed by atoms with Gasteiger partial charge in [0, 0.05) is 43.4 Å². The van der Waals surface area contributed by atoms with E-state index < -0.39 is 41.9 Å². The number of halogens is 7. The smallest absolute Gasteiger partial charge is 0.282 e. The van der Waals surface area contributed by atoms with Gasteiger partial charge in [-0.3, -0.25) is 19.0 Å². The molecule has 2 unspecified atom stereocenters. The van der Waals surface area contributed by atoms with Gasteiger partial charge in [0.1, 0.15) is 17.2 Å². The van der Waals surface area contributed by atoms with Gasteiger partial charge in [-0.05, 0) is 84.5 Å². The normalized spacial score (nSPS) is 16.5. The maximum absolute atomic E-state index is 13.8. The predicted octanol–water partition coefficient (Wildman–Crippen LogP) is 9.85. The molecule has 266 valence electrons. The highest BCUT2D eigenvalue weighted by Gasteiger charge is 2.48. The summed E-state index contributed by atoms with van der Waals surface area (Å²) in [6, 6.07) is 16.0. The Hall–Kier alpha value is -4.75. The summed E-state index contributed by atoms with van der Waals surface area (Å²) in [5, 5.41) is 13.2. The number of nitrogens with zero attached hydrogens (tertiary/aromatic N) is 4. The van der Waals surface area contributed by atoms with Gasteiger partial charge in [0.25, 0.3) is 24.7 Å². The van der Waals surface area contributed by atoms with Gasteiger partial charge in [-0.25, -0.2) is 22.0 Å². The number of carbonyl (C=O) groups is 2. The van der Waals surface area contributed by atoms with E-state index in [2.05, 4.69) is 20.8 Å². The van der Waals surface area contributed by atoms with Crippen LogP contribution < -0.4 is 10.6 Å². The summed E-state index contributed by atoms with van der Waals surface area (Å²) in [6.45, 7) is 0. The molecule has 2 aliphatic carbocycles. The number of nitrogens with one attached hydrogen (secondary N) is 2. The predicted molar refractivity (Wildman–Crippen MR) is 184 cm³/mol. The molecule has 2 fully saturated rings. The van der Waals surface area contributed by atoms with Gasteiger partial charge in [-0.1, -0.05) is 47.5 Å². The maximum Gasteiger partial charge on any atom is 0.282 e.